The molecule has 0 aliphatic heterocycles. The fourth-order valence-corrected chi connectivity index (χ4v) is 1.54. The van der Waals surface area contributed by atoms with E-state index < -0.39 is 11.6 Å². The molecule has 18 heavy (non-hydrogen) atoms. The standard InChI is InChI=1S/C13H10ClF2NO/c1-7-4-13(12(17)6-10(7)15)18-8-2-3-9(14)11(16)5-8/h2-6H,17H2,1H3. The monoisotopic (exact) mass is 269 g/mol. The second kappa shape index (κ2) is 4.82. The molecule has 2 N–H and O–H groups in total. The summed E-state index contributed by atoms with van der Waals surface area (Å²) in [5, 5.41) is 0.00519. The molecule has 0 aliphatic rings. The molecule has 0 aliphatic carbocycles. The first-order valence-electron chi connectivity index (χ1n) is 5.16. The number of ether oxygens (including phenoxy) is 1. The Morgan fingerprint density at radius 1 is 1.11 bits per heavy atom. The summed E-state index contributed by atoms with van der Waals surface area (Å²) in [6.07, 6.45) is 0. The van der Waals surface area contributed by atoms with Gasteiger partial charge in [0.05, 0.1) is 10.7 Å². The van der Waals surface area contributed by atoms with Crippen LogP contribution in [0.5, 0.6) is 11.5 Å². The first-order chi connectivity index (χ1) is 8.47. The molecule has 0 saturated heterocycles. The van der Waals surface area contributed by atoms with Crippen LogP contribution < -0.4 is 10.5 Å². The van der Waals surface area contributed by atoms with Gasteiger partial charge in [0.25, 0.3) is 0 Å². The lowest BCUT2D eigenvalue weighted by molar-refractivity contribution is 0.476. The quantitative estimate of drug-likeness (QED) is 0.825. The maximum absolute atomic E-state index is 13.2. The van der Waals surface area contributed by atoms with Gasteiger partial charge in [-0.15, -0.1) is 0 Å². The van der Waals surface area contributed by atoms with Crippen LogP contribution in [0.4, 0.5) is 14.5 Å². The van der Waals surface area contributed by atoms with Crippen molar-refractivity contribution in [3.63, 3.8) is 0 Å². The SMILES string of the molecule is Cc1cc(Oc2ccc(Cl)c(F)c2)c(N)cc1F. The van der Waals surface area contributed by atoms with Gasteiger partial charge in [-0.05, 0) is 30.7 Å². The normalized spacial score (nSPS) is 10.4. The molecule has 0 amide bonds. The Morgan fingerprint density at radius 3 is 2.50 bits per heavy atom. The molecule has 2 aromatic rings. The van der Waals surface area contributed by atoms with Crippen molar-refractivity contribution in [3.05, 3.63) is 52.6 Å². The van der Waals surface area contributed by atoms with Gasteiger partial charge in [0, 0.05) is 12.1 Å². The molecular weight excluding hydrogens is 260 g/mol. The van der Waals surface area contributed by atoms with E-state index in [0.717, 1.165) is 12.1 Å². The predicted molar refractivity (Wildman–Crippen MR) is 67.0 cm³/mol. The molecule has 2 aromatic carbocycles. The van der Waals surface area contributed by atoms with Crippen LogP contribution in [-0.4, -0.2) is 0 Å². The maximum Gasteiger partial charge on any atom is 0.150 e. The summed E-state index contributed by atoms with van der Waals surface area (Å²) >= 11 is 5.56. The molecule has 0 atom stereocenters. The second-order valence-electron chi connectivity index (χ2n) is 3.82. The highest BCUT2D eigenvalue weighted by atomic mass is 35.5. The van der Waals surface area contributed by atoms with Crippen LogP contribution >= 0.6 is 11.6 Å². The number of halogens is 3. The van der Waals surface area contributed by atoms with Gasteiger partial charge in [0.2, 0.25) is 0 Å². The topological polar surface area (TPSA) is 35.2 Å². The Balaban J connectivity index is 2.34. The van der Waals surface area contributed by atoms with E-state index in [0.29, 0.717) is 5.56 Å². The molecule has 5 heteroatoms. The fourth-order valence-electron chi connectivity index (χ4n) is 1.43. The van der Waals surface area contributed by atoms with Crippen LogP contribution in [0.3, 0.4) is 0 Å². The number of nitrogen functional groups attached to an aromatic ring is 1. The Morgan fingerprint density at radius 2 is 1.83 bits per heavy atom. The summed E-state index contributed by atoms with van der Waals surface area (Å²) in [4.78, 5) is 0. The first-order valence-corrected chi connectivity index (χ1v) is 5.53. The summed E-state index contributed by atoms with van der Waals surface area (Å²) in [6, 6.07) is 6.64. The van der Waals surface area contributed by atoms with E-state index in [1.807, 2.05) is 0 Å². The zero-order valence-corrected chi connectivity index (χ0v) is 10.3. The molecule has 0 saturated carbocycles. The Kier molecular flexibility index (Phi) is 3.39. The third-order valence-electron chi connectivity index (χ3n) is 2.41. The van der Waals surface area contributed by atoms with Gasteiger partial charge in [-0.1, -0.05) is 11.6 Å². The summed E-state index contributed by atoms with van der Waals surface area (Å²) in [5.41, 5.74) is 6.16. The lowest BCUT2D eigenvalue weighted by Crippen LogP contribution is -1.95. The second-order valence-corrected chi connectivity index (χ2v) is 4.22. The van der Waals surface area contributed by atoms with E-state index in [2.05, 4.69) is 0 Å². The lowest BCUT2D eigenvalue weighted by Gasteiger charge is -2.10. The molecule has 0 fully saturated rings. The minimum atomic E-state index is -0.591. The number of hydrogen-bond acceptors (Lipinski definition) is 2. The molecule has 0 aromatic heterocycles. The van der Waals surface area contributed by atoms with E-state index in [-0.39, 0.29) is 22.2 Å². The van der Waals surface area contributed by atoms with Crippen molar-refractivity contribution in [3.8, 4) is 11.5 Å². The lowest BCUT2D eigenvalue weighted by atomic mass is 10.2. The van der Waals surface area contributed by atoms with Crippen molar-refractivity contribution in [2.75, 3.05) is 5.73 Å². The van der Waals surface area contributed by atoms with Crippen LogP contribution in [-0.2, 0) is 0 Å². The number of nitrogens with two attached hydrogens (primary N) is 1. The summed E-state index contributed by atoms with van der Waals surface area (Å²) in [7, 11) is 0. The molecule has 0 heterocycles. The zero-order valence-electron chi connectivity index (χ0n) is 9.51. The van der Waals surface area contributed by atoms with Crippen molar-refractivity contribution in [2.24, 2.45) is 0 Å². The average molecular weight is 270 g/mol. The molecule has 0 radical (unpaired) electrons. The first kappa shape index (κ1) is 12.6. The fraction of sp³-hybridized carbons (Fsp3) is 0.0769. The molecule has 2 nitrogen and oxygen atoms in total. The van der Waals surface area contributed by atoms with Crippen LogP contribution in [0, 0.1) is 18.6 Å². The van der Waals surface area contributed by atoms with Crippen LogP contribution in [0.25, 0.3) is 0 Å². The average Bonchev–Trinajstić information content (AvgIpc) is 2.31. The van der Waals surface area contributed by atoms with Gasteiger partial charge in [0.1, 0.15) is 17.4 Å². The summed E-state index contributed by atoms with van der Waals surface area (Å²) in [6.45, 7) is 1.59. The maximum atomic E-state index is 13.2. The van der Waals surface area contributed by atoms with E-state index in [9.17, 15) is 8.78 Å². The Bertz CT molecular complexity index is 602. The van der Waals surface area contributed by atoms with Gasteiger partial charge >= 0.3 is 0 Å². The predicted octanol–water partition coefficient (Wildman–Crippen LogP) is 4.30. The Hall–Kier alpha value is -1.81. The Labute approximate surface area is 108 Å². The van der Waals surface area contributed by atoms with Crippen molar-refractivity contribution >= 4 is 17.3 Å². The zero-order chi connectivity index (χ0) is 13.3. The molecule has 2 rings (SSSR count). The smallest absolute Gasteiger partial charge is 0.150 e. The molecular formula is C13H10ClF2NO. The molecule has 0 spiro atoms. The van der Waals surface area contributed by atoms with Crippen molar-refractivity contribution < 1.29 is 13.5 Å². The highest BCUT2D eigenvalue weighted by Gasteiger charge is 2.08. The molecule has 0 unspecified atom stereocenters. The third-order valence-corrected chi connectivity index (χ3v) is 2.72. The number of benzene rings is 2. The van der Waals surface area contributed by atoms with Crippen molar-refractivity contribution in [2.45, 2.75) is 6.92 Å². The van der Waals surface area contributed by atoms with Gasteiger partial charge in [0.15, 0.2) is 5.75 Å². The highest BCUT2D eigenvalue weighted by Crippen LogP contribution is 2.31. The van der Waals surface area contributed by atoms with Crippen molar-refractivity contribution in [1.29, 1.82) is 0 Å². The van der Waals surface area contributed by atoms with E-state index in [1.54, 1.807) is 6.92 Å². The summed E-state index contributed by atoms with van der Waals surface area (Å²) < 4.78 is 31.8. The highest BCUT2D eigenvalue weighted by molar-refractivity contribution is 6.30. The van der Waals surface area contributed by atoms with Gasteiger partial charge in [-0.3, -0.25) is 0 Å². The van der Waals surface area contributed by atoms with Crippen LogP contribution in [0.1, 0.15) is 5.56 Å². The van der Waals surface area contributed by atoms with E-state index in [4.69, 9.17) is 22.1 Å². The number of hydrogen-bond donors (Lipinski definition) is 1. The minimum absolute atomic E-state index is 0.00519. The number of rotatable bonds is 2. The number of anilines is 1. The minimum Gasteiger partial charge on any atom is -0.455 e. The van der Waals surface area contributed by atoms with Gasteiger partial charge < -0.3 is 10.5 Å². The largest absolute Gasteiger partial charge is 0.455 e. The van der Waals surface area contributed by atoms with Gasteiger partial charge in [-0.2, -0.15) is 0 Å². The number of aryl methyl sites for hydroxylation is 1. The third kappa shape index (κ3) is 2.54. The van der Waals surface area contributed by atoms with Crippen LogP contribution in [0.15, 0.2) is 30.3 Å². The molecule has 0 bridgehead atoms. The van der Waals surface area contributed by atoms with Crippen molar-refractivity contribution in [1.82, 2.24) is 0 Å². The molecule has 94 valence electrons. The van der Waals surface area contributed by atoms with E-state index in [1.165, 1.54) is 18.2 Å². The van der Waals surface area contributed by atoms with E-state index >= 15 is 0 Å². The van der Waals surface area contributed by atoms with Crippen LogP contribution in [0.2, 0.25) is 5.02 Å². The van der Waals surface area contributed by atoms with Gasteiger partial charge in [-0.25, -0.2) is 8.78 Å². The summed E-state index contributed by atoms with van der Waals surface area (Å²) in [5.74, 6) is -0.487.